The predicted molar refractivity (Wildman–Crippen MR) is 83.2 cm³/mol. The van der Waals surface area contributed by atoms with Crippen molar-refractivity contribution in [2.75, 3.05) is 6.61 Å². The molecule has 0 aromatic rings. The first-order chi connectivity index (χ1) is 8.89. The van der Waals surface area contributed by atoms with Crippen molar-refractivity contribution in [3.05, 3.63) is 12.7 Å². The van der Waals surface area contributed by atoms with Gasteiger partial charge in [0, 0.05) is 0 Å². The minimum atomic E-state index is -1.87. The summed E-state index contributed by atoms with van der Waals surface area (Å²) in [5, 5.41) is 10.5. The zero-order valence-electron chi connectivity index (χ0n) is 13.9. The molecule has 0 aliphatic carbocycles. The summed E-state index contributed by atoms with van der Waals surface area (Å²) in [5.74, 6) is -0.693. The van der Waals surface area contributed by atoms with Crippen LogP contribution in [0.2, 0.25) is 18.1 Å². The van der Waals surface area contributed by atoms with Gasteiger partial charge in [0.2, 0.25) is 0 Å². The van der Waals surface area contributed by atoms with Gasteiger partial charge in [0.25, 0.3) is 0 Å². The molecule has 0 aromatic heterocycles. The van der Waals surface area contributed by atoms with Gasteiger partial charge in [0.15, 0.2) is 14.1 Å². The lowest BCUT2D eigenvalue weighted by atomic mass is 10.1. The summed E-state index contributed by atoms with van der Waals surface area (Å²) < 4.78 is 17.5. The first-order valence-corrected chi connectivity index (χ1v) is 10.1. The van der Waals surface area contributed by atoms with Crippen molar-refractivity contribution < 1.29 is 19.0 Å². The largest absolute Gasteiger partial charge is 0.414 e. The standard InChI is InChI=1S/C15H30O4Si/c1-9-12-13(19-15(5,6)18-12)11(16)10-17-20(7,8)14(2,3)4/h9,11-13,16H,1,10H2,2-8H3/t11-,12+,13-/m1/s1. The van der Waals surface area contributed by atoms with Crippen molar-refractivity contribution in [1.82, 2.24) is 0 Å². The van der Waals surface area contributed by atoms with Crippen LogP contribution < -0.4 is 0 Å². The van der Waals surface area contributed by atoms with E-state index >= 15 is 0 Å². The molecule has 1 aliphatic rings. The minimum absolute atomic E-state index is 0.122. The number of hydrogen-bond acceptors (Lipinski definition) is 4. The van der Waals surface area contributed by atoms with Gasteiger partial charge in [-0.05, 0) is 32.0 Å². The maximum Gasteiger partial charge on any atom is 0.192 e. The van der Waals surface area contributed by atoms with Crippen molar-refractivity contribution in [2.24, 2.45) is 0 Å². The molecule has 4 nitrogen and oxygen atoms in total. The zero-order valence-corrected chi connectivity index (χ0v) is 14.9. The van der Waals surface area contributed by atoms with Crippen LogP contribution in [0.4, 0.5) is 0 Å². The summed E-state index contributed by atoms with van der Waals surface area (Å²) in [6.07, 6.45) is 0.235. The highest BCUT2D eigenvalue weighted by molar-refractivity contribution is 6.74. The molecule has 5 heteroatoms. The van der Waals surface area contributed by atoms with Gasteiger partial charge in [-0.1, -0.05) is 26.8 Å². The Morgan fingerprint density at radius 2 is 1.90 bits per heavy atom. The predicted octanol–water partition coefficient (Wildman–Crippen LogP) is 3.08. The van der Waals surface area contributed by atoms with E-state index in [0.717, 1.165) is 0 Å². The van der Waals surface area contributed by atoms with E-state index in [1.807, 2.05) is 13.8 Å². The molecule has 0 unspecified atom stereocenters. The van der Waals surface area contributed by atoms with Crippen molar-refractivity contribution in [2.45, 2.75) is 76.8 Å². The molecule has 1 fully saturated rings. The zero-order chi connectivity index (χ0) is 15.8. The monoisotopic (exact) mass is 302 g/mol. The van der Waals surface area contributed by atoms with Crippen molar-refractivity contribution >= 4 is 8.32 Å². The van der Waals surface area contributed by atoms with Crippen LogP contribution in [0.1, 0.15) is 34.6 Å². The van der Waals surface area contributed by atoms with Gasteiger partial charge >= 0.3 is 0 Å². The third kappa shape index (κ3) is 4.15. The highest BCUT2D eigenvalue weighted by Gasteiger charge is 2.44. The van der Waals surface area contributed by atoms with E-state index in [1.54, 1.807) is 6.08 Å². The second-order valence-corrected chi connectivity index (χ2v) is 12.2. The lowest BCUT2D eigenvalue weighted by Gasteiger charge is -2.37. The van der Waals surface area contributed by atoms with Gasteiger partial charge < -0.3 is 19.0 Å². The molecule has 3 atom stereocenters. The number of hydrogen-bond donors (Lipinski definition) is 1. The molecule has 0 aromatic carbocycles. The molecule has 1 rings (SSSR count). The van der Waals surface area contributed by atoms with Gasteiger partial charge in [-0.25, -0.2) is 0 Å². The molecule has 0 saturated carbocycles. The number of aliphatic hydroxyl groups excluding tert-OH is 1. The SMILES string of the molecule is C=C[C@@H]1OC(C)(C)O[C@@H]1[C@H](O)CO[Si](C)(C)C(C)(C)C. The molecule has 1 N–H and O–H groups in total. The lowest BCUT2D eigenvalue weighted by Crippen LogP contribution is -2.46. The molecular weight excluding hydrogens is 272 g/mol. The lowest BCUT2D eigenvalue weighted by molar-refractivity contribution is -0.155. The Labute approximate surface area is 124 Å². The van der Waals surface area contributed by atoms with Gasteiger partial charge in [-0.15, -0.1) is 6.58 Å². The Morgan fingerprint density at radius 3 is 2.35 bits per heavy atom. The summed E-state index contributed by atoms with van der Waals surface area (Å²) in [4.78, 5) is 0. The molecule has 0 spiro atoms. The van der Waals surface area contributed by atoms with Crippen LogP contribution >= 0.6 is 0 Å². The Morgan fingerprint density at radius 1 is 1.35 bits per heavy atom. The Balaban J connectivity index is 2.63. The van der Waals surface area contributed by atoms with E-state index in [2.05, 4.69) is 40.4 Å². The maximum absolute atomic E-state index is 10.4. The quantitative estimate of drug-likeness (QED) is 0.626. The van der Waals surface area contributed by atoms with E-state index in [1.165, 1.54) is 0 Å². The molecule has 118 valence electrons. The van der Waals surface area contributed by atoms with Crippen LogP contribution in [0.3, 0.4) is 0 Å². The normalized spacial score (nSPS) is 28.4. The molecular formula is C15H30O4Si. The summed E-state index contributed by atoms with van der Waals surface area (Å²) in [5.41, 5.74) is 0. The topological polar surface area (TPSA) is 47.9 Å². The summed E-state index contributed by atoms with van der Waals surface area (Å²) in [6, 6.07) is 0. The molecule has 1 heterocycles. The third-order valence-electron chi connectivity index (χ3n) is 4.20. The van der Waals surface area contributed by atoms with E-state index in [0.29, 0.717) is 0 Å². The molecule has 0 bridgehead atoms. The second-order valence-electron chi connectivity index (χ2n) is 7.44. The average molecular weight is 302 g/mol. The van der Waals surface area contributed by atoms with Crippen LogP contribution in [-0.2, 0) is 13.9 Å². The van der Waals surface area contributed by atoms with Crippen LogP contribution in [0.5, 0.6) is 0 Å². The van der Waals surface area contributed by atoms with Crippen LogP contribution in [0.15, 0.2) is 12.7 Å². The van der Waals surface area contributed by atoms with Gasteiger partial charge in [-0.2, -0.15) is 0 Å². The molecule has 1 aliphatic heterocycles. The first-order valence-electron chi connectivity index (χ1n) is 7.20. The number of ether oxygens (including phenoxy) is 2. The third-order valence-corrected chi connectivity index (χ3v) is 8.70. The molecule has 1 saturated heterocycles. The van der Waals surface area contributed by atoms with Crippen molar-refractivity contribution in [3.8, 4) is 0 Å². The number of rotatable bonds is 5. The average Bonchev–Trinajstić information content (AvgIpc) is 2.60. The fourth-order valence-electron chi connectivity index (χ4n) is 1.90. The van der Waals surface area contributed by atoms with E-state index < -0.39 is 26.3 Å². The summed E-state index contributed by atoms with van der Waals surface area (Å²) >= 11 is 0. The van der Waals surface area contributed by atoms with Crippen LogP contribution in [-0.4, -0.2) is 44.1 Å². The smallest absolute Gasteiger partial charge is 0.192 e. The molecule has 0 radical (unpaired) electrons. The highest BCUT2D eigenvalue weighted by Crippen LogP contribution is 2.37. The Hall–Kier alpha value is -0.203. The van der Waals surface area contributed by atoms with Crippen molar-refractivity contribution in [1.29, 1.82) is 0 Å². The van der Waals surface area contributed by atoms with E-state index in [-0.39, 0.29) is 17.7 Å². The fourth-order valence-corrected chi connectivity index (χ4v) is 2.92. The fraction of sp³-hybridized carbons (Fsp3) is 0.867. The highest BCUT2D eigenvalue weighted by atomic mass is 28.4. The summed E-state index contributed by atoms with van der Waals surface area (Å²) in [6.45, 7) is 18.6. The summed E-state index contributed by atoms with van der Waals surface area (Å²) in [7, 11) is -1.87. The Bertz CT molecular complexity index is 346. The Kier molecular flexibility index (Phi) is 5.25. The van der Waals surface area contributed by atoms with Gasteiger partial charge in [-0.3, -0.25) is 0 Å². The minimum Gasteiger partial charge on any atom is -0.414 e. The first kappa shape index (κ1) is 17.8. The van der Waals surface area contributed by atoms with Crippen LogP contribution in [0, 0.1) is 0 Å². The maximum atomic E-state index is 10.4. The molecule has 0 amide bonds. The van der Waals surface area contributed by atoms with Gasteiger partial charge in [0.05, 0.1) is 6.61 Å². The number of aliphatic hydroxyl groups is 1. The van der Waals surface area contributed by atoms with Gasteiger partial charge in [0.1, 0.15) is 18.3 Å². The van der Waals surface area contributed by atoms with E-state index in [9.17, 15) is 5.11 Å². The van der Waals surface area contributed by atoms with Crippen LogP contribution in [0.25, 0.3) is 0 Å². The van der Waals surface area contributed by atoms with Crippen molar-refractivity contribution in [3.63, 3.8) is 0 Å². The second kappa shape index (κ2) is 5.89. The van der Waals surface area contributed by atoms with E-state index in [4.69, 9.17) is 13.9 Å². The molecule has 20 heavy (non-hydrogen) atoms.